The van der Waals surface area contributed by atoms with Crippen LogP contribution in [-0.4, -0.2) is 99.2 Å². The van der Waals surface area contributed by atoms with Crippen LogP contribution in [0.3, 0.4) is 0 Å². The number of hydrogen-bond acceptors (Lipinski definition) is 10. The molecule has 0 unspecified atom stereocenters. The van der Waals surface area contributed by atoms with E-state index in [-0.39, 0.29) is 31.8 Å². The van der Waals surface area contributed by atoms with Gasteiger partial charge in [-0.1, -0.05) is 19.1 Å². The number of nitrogens with one attached hydrogen (secondary N) is 1. The molecule has 0 aromatic rings. The standard InChI is InChI=1S/C23H37NO10/c1-11-8-23(28-7,33-13(3)12(11)2)19(25)20(26)24-21-18-17(29-10-30-21)16(27-6)15-14(32-18)9-31-22(4,5)34-15/h12-19,21,25H,1,8-10H2,2-7H3,(H,24,26)/t12-,13-,14-,15-,16+,17-,18+,19-,21-,23-/m1/s1. The molecule has 1 amide bonds. The van der Waals surface area contributed by atoms with Gasteiger partial charge in [0, 0.05) is 26.6 Å². The van der Waals surface area contributed by atoms with Gasteiger partial charge in [-0.05, 0) is 20.8 Å². The van der Waals surface area contributed by atoms with Crippen molar-refractivity contribution in [3.63, 3.8) is 0 Å². The Kier molecular flexibility index (Phi) is 7.41. The maximum Gasteiger partial charge on any atom is 0.256 e. The highest BCUT2D eigenvalue weighted by Gasteiger charge is 2.57. The molecule has 4 aliphatic rings. The lowest BCUT2D eigenvalue weighted by molar-refractivity contribution is -0.387. The van der Waals surface area contributed by atoms with Crippen molar-refractivity contribution in [3.8, 4) is 0 Å². The number of hydrogen-bond donors (Lipinski definition) is 2. The van der Waals surface area contributed by atoms with Crippen LogP contribution >= 0.6 is 0 Å². The maximum absolute atomic E-state index is 13.2. The van der Waals surface area contributed by atoms with Crippen LogP contribution in [0.1, 0.15) is 34.1 Å². The summed E-state index contributed by atoms with van der Waals surface area (Å²) in [6.07, 6.45) is -5.29. The first kappa shape index (κ1) is 25.9. The molecule has 34 heavy (non-hydrogen) atoms. The second-order valence-electron chi connectivity index (χ2n) is 9.84. The van der Waals surface area contributed by atoms with Gasteiger partial charge < -0.3 is 48.3 Å². The van der Waals surface area contributed by atoms with E-state index in [9.17, 15) is 9.90 Å². The zero-order chi connectivity index (χ0) is 24.8. The molecule has 194 valence electrons. The van der Waals surface area contributed by atoms with Crippen LogP contribution in [0.15, 0.2) is 12.2 Å². The summed E-state index contributed by atoms with van der Waals surface area (Å²) >= 11 is 0. The first-order chi connectivity index (χ1) is 16.0. The average Bonchev–Trinajstić information content (AvgIpc) is 2.80. The monoisotopic (exact) mass is 487 g/mol. The molecular formula is C23H37NO10. The Hall–Kier alpha value is -1.15. The summed E-state index contributed by atoms with van der Waals surface area (Å²) in [7, 11) is 2.97. The van der Waals surface area contributed by atoms with Gasteiger partial charge >= 0.3 is 0 Å². The second kappa shape index (κ2) is 9.72. The van der Waals surface area contributed by atoms with Crippen LogP contribution < -0.4 is 5.32 Å². The maximum atomic E-state index is 13.2. The van der Waals surface area contributed by atoms with Crippen LogP contribution in [0.4, 0.5) is 0 Å². The van der Waals surface area contributed by atoms with Gasteiger partial charge in [-0.2, -0.15) is 0 Å². The minimum Gasteiger partial charge on any atom is -0.378 e. The van der Waals surface area contributed by atoms with Crippen molar-refractivity contribution in [1.29, 1.82) is 0 Å². The van der Waals surface area contributed by atoms with Gasteiger partial charge in [0.25, 0.3) is 5.91 Å². The third-order valence-corrected chi connectivity index (χ3v) is 7.27. The number of amides is 1. The summed E-state index contributed by atoms with van der Waals surface area (Å²) in [4.78, 5) is 13.2. The molecule has 4 aliphatic heterocycles. The van der Waals surface area contributed by atoms with Crippen LogP contribution in [0.25, 0.3) is 0 Å². The topological polar surface area (TPSA) is 123 Å². The third-order valence-electron chi connectivity index (χ3n) is 7.27. The molecule has 0 spiro atoms. The van der Waals surface area contributed by atoms with Crippen molar-refractivity contribution in [2.45, 2.75) is 94.6 Å². The van der Waals surface area contributed by atoms with Crippen LogP contribution in [0, 0.1) is 5.92 Å². The number of fused-ring (bicyclic) bond motifs is 2. The number of carbonyl (C=O) groups is 1. The highest BCUT2D eigenvalue weighted by atomic mass is 16.8. The van der Waals surface area contributed by atoms with Gasteiger partial charge in [0.05, 0.1) is 12.7 Å². The Morgan fingerprint density at radius 1 is 1.18 bits per heavy atom. The Morgan fingerprint density at radius 3 is 2.56 bits per heavy atom. The fraction of sp³-hybridized carbons (Fsp3) is 0.870. The van der Waals surface area contributed by atoms with Crippen molar-refractivity contribution in [1.82, 2.24) is 5.32 Å². The van der Waals surface area contributed by atoms with Gasteiger partial charge in [-0.25, -0.2) is 0 Å². The zero-order valence-corrected chi connectivity index (χ0v) is 20.6. The molecule has 2 N–H and O–H groups in total. The second-order valence-corrected chi connectivity index (χ2v) is 9.84. The summed E-state index contributed by atoms with van der Waals surface area (Å²) in [5.41, 5.74) is 0.833. The molecule has 4 heterocycles. The number of methoxy groups -OCH3 is 2. The lowest BCUT2D eigenvalue weighted by Crippen LogP contribution is -2.71. The average molecular weight is 488 g/mol. The van der Waals surface area contributed by atoms with Crippen molar-refractivity contribution < 1.29 is 47.8 Å². The SMILES string of the molecule is C=C1C[C@](OC)([C@H](O)C(=O)N[C@@H]2OCO[C@@H]3[C@@H](OC)[C@@H]4OC(C)(C)OC[C@H]4O[C@@H]32)O[C@H](C)[C@@H]1C. The third kappa shape index (κ3) is 4.65. The molecule has 11 nitrogen and oxygen atoms in total. The van der Waals surface area contributed by atoms with E-state index in [0.29, 0.717) is 0 Å². The number of aliphatic hydroxyl groups is 1. The molecule has 11 heteroatoms. The first-order valence-electron chi connectivity index (χ1n) is 11.6. The predicted octanol–water partition coefficient (Wildman–Crippen LogP) is 0.440. The van der Waals surface area contributed by atoms with E-state index in [1.165, 1.54) is 7.11 Å². The summed E-state index contributed by atoms with van der Waals surface area (Å²) in [5.74, 6) is -3.00. The largest absolute Gasteiger partial charge is 0.378 e. The number of carbonyl (C=O) groups excluding carboxylic acids is 1. The number of rotatable bonds is 5. The van der Waals surface area contributed by atoms with Gasteiger partial charge in [-0.3, -0.25) is 4.79 Å². The van der Waals surface area contributed by atoms with Crippen molar-refractivity contribution >= 4 is 5.91 Å². The predicted molar refractivity (Wildman–Crippen MR) is 116 cm³/mol. The highest BCUT2D eigenvalue weighted by Crippen LogP contribution is 2.39. The van der Waals surface area contributed by atoms with E-state index < -0.39 is 60.3 Å². The molecule has 4 fully saturated rings. The smallest absolute Gasteiger partial charge is 0.256 e. The summed E-state index contributed by atoms with van der Waals surface area (Å²) < 4.78 is 46.7. The number of aliphatic hydroxyl groups excluding tert-OH is 1. The van der Waals surface area contributed by atoms with Crippen LogP contribution in [0.5, 0.6) is 0 Å². The Balaban J connectivity index is 1.48. The van der Waals surface area contributed by atoms with E-state index in [2.05, 4.69) is 11.9 Å². The fourth-order valence-corrected chi connectivity index (χ4v) is 5.05. The van der Waals surface area contributed by atoms with Gasteiger partial charge in [0.1, 0.15) is 37.3 Å². The normalized spacial score (nSPS) is 45.1. The molecule has 0 saturated carbocycles. The molecule has 0 aliphatic carbocycles. The molecule has 4 saturated heterocycles. The van der Waals surface area contributed by atoms with E-state index in [0.717, 1.165) is 5.57 Å². The van der Waals surface area contributed by atoms with Gasteiger partial charge in [0.2, 0.25) is 5.79 Å². The van der Waals surface area contributed by atoms with Crippen LogP contribution in [-0.2, 0) is 42.7 Å². The Bertz CT molecular complexity index is 777. The Morgan fingerprint density at radius 2 is 1.91 bits per heavy atom. The minimum absolute atomic E-state index is 0.0672. The van der Waals surface area contributed by atoms with Crippen molar-refractivity contribution in [2.75, 3.05) is 27.6 Å². The minimum atomic E-state index is -1.63. The van der Waals surface area contributed by atoms with E-state index in [1.54, 1.807) is 7.11 Å². The highest BCUT2D eigenvalue weighted by molar-refractivity contribution is 5.82. The fourth-order valence-electron chi connectivity index (χ4n) is 5.05. The lowest BCUT2D eigenvalue weighted by atomic mass is 9.85. The summed E-state index contributed by atoms with van der Waals surface area (Å²) in [6.45, 7) is 11.7. The summed E-state index contributed by atoms with van der Waals surface area (Å²) in [6, 6.07) is 0. The lowest BCUT2D eigenvalue weighted by Gasteiger charge is -2.53. The van der Waals surface area contributed by atoms with Crippen LogP contribution in [0.2, 0.25) is 0 Å². The van der Waals surface area contributed by atoms with E-state index in [4.69, 9.17) is 37.9 Å². The van der Waals surface area contributed by atoms with Gasteiger partial charge in [-0.15, -0.1) is 0 Å². The molecule has 10 atom stereocenters. The first-order valence-corrected chi connectivity index (χ1v) is 11.6. The molecule has 0 radical (unpaired) electrons. The molecule has 0 aromatic heterocycles. The van der Waals surface area contributed by atoms with Crippen molar-refractivity contribution in [2.24, 2.45) is 5.92 Å². The Labute approximate surface area is 199 Å². The number of ether oxygens (including phenoxy) is 8. The molecular weight excluding hydrogens is 450 g/mol. The van der Waals surface area contributed by atoms with Crippen molar-refractivity contribution in [3.05, 3.63) is 12.2 Å². The quantitative estimate of drug-likeness (QED) is 0.528. The van der Waals surface area contributed by atoms with Gasteiger partial charge in [0.15, 0.2) is 18.1 Å². The molecule has 0 aromatic carbocycles. The summed E-state index contributed by atoms with van der Waals surface area (Å²) in [5, 5.41) is 13.7. The zero-order valence-electron chi connectivity index (χ0n) is 20.6. The molecule has 0 bridgehead atoms. The molecule has 4 rings (SSSR count). The van der Waals surface area contributed by atoms with E-state index in [1.807, 2.05) is 27.7 Å². The van der Waals surface area contributed by atoms with E-state index >= 15 is 0 Å².